The second-order valence-corrected chi connectivity index (χ2v) is 11.2. The van der Waals surface area contributed by atoms with Crippen molar-refractivity contribution in [1.29, 1.82) is 0 Å². The molecule has 0 unspecified atom stereocenters. The summed E-state index contributed by atoms with van der Waals surface area (Å²) in [5.74, 6) is 0. The third kappa shape index (κ3) is 38.6. The highest BCUT2D eigenvalue weighted by Crippen LogP contribution is 2.14. The van der Waals surface area contributed by atoms with Gasteiger partial charge in [0.1, 0.15) is 0 Å². The minimum absolute atomic E-state index is 1.05. The minimum atomic E-state index is 1.05. The molecule has 35 heavy (non-hydrogen) atoms. The Balaban J connectivity index is 0. The average Bonchev–Trinajstić information content (AvgIpc) is 2.87. The van der Waals surface area contributed by atoms with Gasteiger partial charge in [-0.25, -0.2) is 0 Å². The van der Waals surface area contributed by atoms with Gasteiger partial charge < -0.3 is 5.32 Å². The van der Waals surface area contributed by atoms with Crippen LogP contribution in [0.4, 0.5) is 0 Å². The molecule has 2 heteroatoms. The van der Waals surface area contributed by atoms with Crippen molar-refractivity contribution in [3.63, 3.8) is 0 Å². The van der Waals surface area contributed by atoms with E-state index in [1.807, 2.05) is 0 Å². The molecule has 0 heterocycles. The predicted molar refractivity (Wildman–Crippen MR) is 164 cm³/mol. The van der Waals surface area contributed by atoms with E-state index in [2.05, 4.69) is 45.0 Å². The van der Waals surface area contributed by atoms with Crippen LogP contribution in [-0.4, -0.2) is 31.7 Å². The average molecular weight is 497 g/mol. The highest BCUT2D eigenvalue weighted by atomic mass is 15.2. The van der Waals surface area contributed by atoms with Crippen molar-refractivity contribution in [3.8, 4) is 0 Å². The fourth-order valence-electron chi connectivity index (χ4n) is 4.61. The van der Waals surface area contributed by atoms with Crippen LogP contribution in [0.25, 0.3) is 0 Å². The fourth-order valence-corrected chi connectivity index (χ4v) is 4.61. The Bertz CT molecular complexity index is 311. The second kappa shape index (κ2) is 36.1. The van der Waals surface area contributed by atoms with E-state index in [0.717, 1.165) is 6.67 Å². The molecule has 0 fully saturated rings. The first-order chi connectivity index (χ1) is 17.2. The van der Waals surface area contributed by atoms with Gasteiger partial charge in [-0.3, -0.25) is 4.90 Å². The Morgan fingerprint density at radius 1 is 0.371 bits per heavy atom. The van der Waals surface area contributed by atoms with Crippen molar-refractivity contribution in [2.24, 2.45) is 0 Å². The molecule has 2 nitrogen and oxygen atoms in total. The summed E-state index contributed by atoms with van der Waals surface area (Å²) >= 11 is 0. The highest BCUT2D eigenvalue weighted by molar-refractivity contribution is 4.52. The lowest BCUT2D eigenvalue weighted by Crippen LogP contribution is -2.32. The topological polar surface area (TPSA) is 15.3 Å². The van der Waals surface area contributed by atoms with Gasteiger partial charge in [0.25, 0.3) is 0 Å². The van der Waals surface area contributed by atoms with Crippen molar-refractivity contribution < 1.29 is 0 Å². The molecule has 0 saturated carbocycles. The molecule has 0 aliphatic carbocycles. The van der Waals surface area contributed by atoms with Gasteiger partial charge in [0.2, 0.25) is 0 Å². The van der Waals surface area contributed by atoms with E-state index in [1.165, 1.54) is 174 Å². The molecule has 0 spiro atoms. The Labute approximate surface area is 225 Å². The number of unbranched alkanes of at least 4 members (excludes halogenated alkanes) is 22. The maximum Gasteiger partial charge on any atom is 0.0477 e. The molecule has 0 aromatic rings. The lowest BCUT2D eigenvalue weighted by atomic mass is 10.0. The predicted octanol–water partition coefficient (Wildman–Crippen LogP) is 11.3. The van der Waals surface area contributed by atoms with Crippen LogP contribution in [0.3, 0.4) is 0 Å². The SMILES string of the molecule is CCCCCCCCCCCCCCCCCCCCCC.CCCCCNCN(C)CCCC. The number of hydrogen-bond donors (Lipinski definition) is 1. The number of nitrogens with one attached hydrogen (secondary N) is 1. The van der Waals surface area contributed by atoms with Crippen molar-refractivity contribution in [1.82, 2.24) is 10.2 Å². The molecule has 0 aliphatic rings. The summed E-state index contributed by atoms with van der Waals surface area (Å²) in [5.41, 5.74) is 0. The van der Waals surface area contributed by atoms with Crippen LogP contribution in [0, 0.1) is 0 Å². The van der Waals surface area contributed by atoms with Crippen molar-refractivity contribution in [2.45, 2.75) is 188 Å². The summed E-state index contributed by atoms with van der Waals surface area (Å²) in [6, 6.07) is 0. The van der Waals surface area contributed by atoms with E-state index >= 15 is 0 Å². The van der Waals surface area contributed by atoms with E-state index in [4.69, 9.17) is 0 Å². The Kier molecular flexibility index (Phi) is 38.2. The molecule has 1 N–H and O–H groups in total. The molecule has 0 saturated heterocycles. The zero-order valence-electron chi connectivity index (χ0n) is 25.7. The first-order valence-electron chi connectivity index (χ1n) is 16.6. The minimum Gasteiger partial charge on any atom is -0.304 e. The molecule has 214 valence electrons. The molecule has 0 radical (unpaired) electrons. The maximum atomic E-state index is 3.45. The Morgan fingerprint density at radius 2 is 0.657 bits per heavy atom. The van der Waals surface area contributed by atoms with Gasteiger partial charge in [-0.2, -0.15) is 0 Å². The lowest BCUT2D eigenvalue weighted by Gasteiger charge is -2.16. The molecule has 0 bridgehead atoms. The van der Waals surface area contributed by atoms with Crippen LogP contribution >= 0.6 is 0 Å². The summed E-state index contributed by atoms with van der Waals surface area (Å²) < 4.78 is 0. The number of rotatable bonds is 28. The monoisotopic (exact) mass is 497 g/mol. The zero-order chi connectivity index (χ0) is 26.1. The quantitative estimate of drug-likeness (QED) is 0.0855. The van der Waals surface area contributed by atoms with Crippen LogP contribution in [0.2, 0.25) is 0 Å². The van der Waals surface area contributed by atoms with Crippen molar-refractivity contribution in [3.05, 3.63) is 0 Å². The largest absolute Gasteiger partial charge is 0.304 e. The maximum absolute atomic E-state index is 3.45. The number of nitrogens with zero attached hydrogens (tertiary/aromatic N) is 1. The van der Waals surface area contributed by atoms with Crippen molar-refractivity contribution in [2.75, 3.05) is 26.8 Å². The van der Waals surface area contributed by atoms with E-state index < -0.39 is 0 Å². The van der Waals surface area contributed by atoms with Gasteiger partial charge in [0.05, 0.1) is 0 Å². The van der Waals surface area contributed by atoms with Gasteiger partial charge in [0.15, 0.2) is 0 Å². The van der Waals surface area contributed by atoms with Crippen molar-refractivity contribution >= 4 is 0 Å². The summed E-state index contributed by atoms with van der Waals surface area (Å²) in [4.78, 5) is 2.36. The van der Waals surface area contributed by atoms with Crippen LogP contribution in [0.5, 0.6) is 0 Å². The molecule has 0 aromatic heterocycles. The Hall–Kier alpha value is -0.0800. The molecule has 0 rings (SSSR count). The summed E-state index contributed by atoms with van der Waals surface area (Å²) in [6.07, 6.45) is 36.0. The van der Waals surface area contributed by atoms with Crippen LogP contribution < -0.4 is 5.32 Å². The van der Waals surface area contributed by atoms with Gasteiger partial charge in [-0.15, -0.1) is 0 Å². The highest BCUT2D eigenvalue weighted by Gasteiger charge is 1.96. The van der Waals surface area contributed by atoms with E-state index in [-0.39, 0.29) is 0 Å². The zero-order valence-corrected chi connectivity index (χ0v) is 25.7. The smallest absolute Gasteiger partial charge is 0.0477 e. The summed E-state index contributed by atoms with van der Waals surface area (Å²) in [6.45, 7) is 12.5. The van der Waals surface area contributed by atoms with Gasteiger partial charge in [0, 0.05) is 6.67 Å². The van der Waals surface area contributed by atoms with Gasteiger partial charge in [-0.1, -0.05) is 175 Å². The summed E-state index contributed by atoms with van der Waals surface area (Å²) in [5, 5.41) is 3.45. The van der Waals surface area contributed by atoms with E-state index in [0.29, 0.717) is 0 Å². The molecular formula is C33H72N2. The molecule has 0 aliphatic heterocycles. The Morgan fingerprint density at radius 3 is 0.971 bits per heavy atom. The second-order valence-electron chi connectivity index (χ2n) is 11.2. The molecule has 0 atom stereocenters. The molecular weight excluding hydrogens is 424 g/mol. The summed E-state index contributed by atoms with van der Waals surface area (Å²) in [7, 11) is 2.18. The molecule has 0 amide bonds. The first kappa shape index (κ1) is 37.1. The standard InChI is InChI=1S/C22H46.C11H26N2/c1-3-5-7-9-11-13-15-17-19-21-22-20-18-16-14-12-10-8-6-4-2;1-4-6-8-9-12-11-13(3)10-7-5-2/h3-22H2,1-2H3;12H,4-11H2,1-3H3. The van der Waals surface area contributed by atoms with Gasteiger partial charge in [-0.05, 0) is 33.0 Å². The van der Waals surface area contributed by atoms with E-state index in [1.54, 1.807) is 0 Å². The molecule has 0 aromatic carbocycles. The van der Waals surface area contributed by atoms with Crippen LogP contribution in [0.15, 0.2) is 0 Å². The number of hydrogen-bond acceptors (Lipinski definition) is 2. The lowest BCUT2D eigenvalue weighted by molar-refractivity contribution is 0.301. The third-order valence-electron chi connectivity index (χ3n) is 7.19. The van der Waals surface area contributed by atoms with Gasteiger partial charge >= 0.3 is 0 Å². The van der Waals surface area contributed by atoms with E-state index in [9.17, 15) is 0 Å². The normalized spacial score (nSPS) is 11.1. The third-order valence-corrected chi connectivity index (χ3v) is 7.19. The van der Waals surface area contributed by atoms with Crippen LogP contribution in [-0.2, 0) is 0 Å². The first-order valence-corrected chi connectivity index (χ1v) is 16.6. The fraction of sp³-hybridized carbons (Fsp3) is 1.00. The van der Waals surface area contributed by atoms with Crippen LogP contribution in [0.1, 0.15) is 188 Å².